The minimum absolute atomic E-state index is 0.0158. The van der Waals surface area contributed by atoms with E-state index in [0.717, 1.165) is 12.1 Å². The summed E-state index contributed by atoms with van der Waals surface area (Å²) in [5, 5.41) is 12.1. The van der Waals surface area contributed by atoms with Crippen LogP contribution in [0.2, 0.25) is 5.02 Å². The van der Waals surface area contributed by atoms with Crippen LogP contribution in [0.4, 0.5) is 18.9 Å². The number of fused-ring (bicyclic) bond motifs is 1. The van der Waals surface area contributed by atoms with Gasteiger partial charge in [-0.25, -0.2) is 0 Å². The molecule has 0 bridgehead atoms. The van der Waals surface area contributed by atoms with Gasteiger partial charge in [0.25, 0.3) is 0 Å². The van der Waals surface area contributed by atoms with Gasteiger partial charge in [0.1, 0.15) is 11.2 Å². The molecule has 0 fully saturated rings. The number of anilines is 1. The van der Waals surface area contributed by atoms with E-state index in [9.17, 15) is 23.2 Å². The second kappa shape index (κ2) is 6.22. The molecule has 2 aromatic rings. The van der Waals surface area contributed by atoms with Gasteiger partial charge in [0.2, 0.25) is 5.91 Å². The summed E-state index contributed by atoms with van der Waals surface area (Å²) in [5.41, 5.74) is -1.78. The van der Waals surface area contributed by atoms with Crippen molar-refractivity contribution in [3.05, 3.63) is 58.1 Å². The summed E-state index contributed by atoms with van der Waals surface area (Å²) < 4.78 is 44.3. The Labute approximate surface area is 152 Å². The van der Waals surface area contributed by atoms with Gasteiger partial charge in [-0.3, -0.25) is 4.79 Å². The summed E-state index contributed by atoms with van der Waals surface area (Å²) in [7, 11) is 1.40. The molecule has 2 aromatic carbocycles. The average molecular weight is 381 g/mol. The van der Waals surface area contributed by atoms with Gasteiger partial charge in [0, 0.05) is 16.3 Å². The van der Waals surface area contributed by atoms with E-state index in [4.69, 9.17) is 16.3 Å². The summed E-state index contributed by atoms with van der Waals surface area (Å²) in [6, 6.07) is 9.52. The highest BCUT2D eigenvalue weighted by atomic mass is 35.5. The summed E-state index contributed by atoms with van der Waals surface area (Å²) in [5.74, 6) is -0.290. The first-order chi connectivity index (χ1) is 12.2. The second-order valence-corrected chi connectivity index (χ2v) is 6.23. The third-order valence-electron chi connectivity index (χ3n) is 4.41. The van der Waals surface area contributed by atoms with E-state index in [1.54, 1.807) is 12.1 Å². The Morgan fingerprint density at radius 3 is 2.58 bits per heavy atom. The van der Waals surface area contributed by atoms with Gasteiger partial charge in [-0.15, -0.1) is 0 Å². The number of nitrogens with one attached hydrogen (secondary N) is 1. The topological polar surface area (TPSA) is 62.1 Å². The molecule has 0 radical (unpaired) electrons. The molecule has 1 amide bonds. The largest absolute Gasteiger partial charge is 0.496 e. The van der Waals surface area contributed by atoms with Gasteiger partial charge in [0.15, 0.2) is 0 Å². The van der Waals surface area contributed by atoms with Crippen molar-refractivity contribution in [3.8, 4) is 11.8 Å². The van der Waals surface area contributed by atoms with Crippen molar-refractivity contribution >= 4 is 23.2 Å². The lowest BCUT2D eigenvalue weighted by molar-refractivity contribution is -0.137. The molecule has 1 aliphatic heterocycles. The van der Waals surface area contributed by atoms with E-state index >= 15 is 0 Å². The zero-order chi connectivity index (χ0) is 19.1. The van der Waals surface area contributed by atoms with E-state index in [1.807, 2.05) is 6.07 Å². The Hall–Kier alpha value is -2.72. The maximum absolute atomic E-state index is 13.0. The summed E-state index contributed by atoms with van der Waals surface area (Å²) in [6.07, 6.45) is -4.83. The SMILES string of the molecule is COc1ccc(Cl)cc1[C@]1(CC#N)C(=O)Nc2cc(C(F)(F)F)ccc21. The molecule has 1 heterocycles. The van der Waals surface area contributed by atoms with Gasteiger partial charge >= 0.3 is 6.18 Å². The summed E-state index contributed by atoms with van der Waals surface area (Å²) >= 11 is 6.06. The number of amides is 1. The first kappa shape index (κ1) is 18.1. The third-order valence-corrected chi connectivity index (χ3v) is 4.64. The van der Waals surface area contributed by atoms with Crippen molar-refractivity contribution in [2.45, 2.75) is 18.0 Å². The smallest absolute Gasteiger partial charge is 0.416 e. The van der Waals surface area contributed by atoms with Crippen LogP contribution in [0.5, 0.6) is 5.75 Å². The van der Waals surface area contributed by atoms with E-state index in [1.165, 1.54) is 19.2 Å². The number of alkyl halides is 3. The molecular formula is C18H12ClF3N2O2. The van der Waals surface area contributed by atoms with Crippen molar-refractivity contribution in [1.82, 2.24) is 0 Å². The molecule has 0 aliphatic carbocycles. The number of benzene rings is 2. The van der Waals surface area contributed by atoms with Crippen molar-refractivity contribution in [1.29, 1.82) is 5.26 Å². The van der Waals surface area contributed by atoms with Crippen LogP contribution < -0.4 is 10.1 Å². The molecule has 1 N–H and O–H groups in total. The maximum atomic E-state index is 13.0. The molecular weight excluding hydrogens is 369 g/mol. The number of nitrogens with zero attached hydrogens (tertiary/aromatic N) is 1. The molecule has 0 unspecified atom stereocenters. The lowest BCUT2D eigenvalue weighted by Gasteiger charge is -2.27. The van der Waals surface area contributed by atoms with E-state index in [-0.39, 0.29) is 17.7 Å². The zero-order valence-electron chi connectivity index (χ0n) is 13.4. The minimum Gasteiger partial charge on any atom is -0.496 e. The molecule has 1 aliphatic rings. The van der Waals surface area contributed by atoms with Crippen LogP contribution >= 0.6 is 11.6 Å². The minimum atomic E-state index is -4.55. The molecule has 0 aromatic heterocycles. The number of methoxy groups -OCH3 is 1. The fourth-order valence-corrected chi connectivity index (χ4v) is 3.39. The number of hydrogen-bond acceptors (Lipinski definition) is 3. The monoisotopic (exact) mass is 380 g/mol. The van der Waals surface area contributed by atoms with Crippen molar-refractivity contribution in [3.63, 3.8) is 0 Å². The molecule has 0 saturated heterocycles. The Balaban J connectivity index is 2.29. The predicted molar refractivity (Wildman–Crippen MR) is 89.1 cm³/mol. The molecule has 26 heavy (non-hydrogen) atoms. The summed E-state index contributed by atoms with van der Waals surface area (Å²) in [6.45, 7) is 0. The third kappa shape index (κ3) is 2.67. The van der Waals surface area contributed by atoms with Crippen molar-refractivity contribution < 1.29 is 22.7 Å². The molecule has 1 atom stereocenters. The first-order valence-electron chi connectivity index (χ1n) is 7.48. The fraction of sp³-hybridized carbons (Fsp3) is 0.222. The quantitative estimate of drug-likeness (QED) is 0.851. The van der Waals surface area contributed by atoms with Gasteiger partial charge < -0.3 is 10.1 Å². The van der Waals surface area contributed by atoms with Gasteiger partial charge in [-0.1, -0.05) is 17.7 Å². The van der Waals surface area contributed by atoms with Crippen molar-refractivity contribution in [2.75, 3.05) is 12.4 Å². The van der Waals surface area contributed by atoms with E-state index < -0.39 is 23.1 Å². The fourth-order valence-electron chi connectivity index (χ4n) is 3.22. The van der Waals surface area contributed by atoms with Gasteiger partial charge in [0.05, 0.1) is 25.2 Å². The Bertz CT molecular complexity index is 937. The normalized spacial score (nSPS) is 18.8. The van der Waals surface area contributed by atoms with Crippen LogP contribution in [-0.4, -0.2) is 13.0 Å². The number of carbonyl (C=O) groups is 1. The molecule has 0 spiro atoms. The van der Waals surface area contributed by atoms with Gasteiger partial charge in [-0.2, -0.15) is 18.4 Å². The molecule has 134 valence electrons. The van der Waals surface area contributed by atoms with Gasteiger partial charge in [-0.05, 0) is 35.9 Å². The molecule has 0 saturated carbocycles. The van der Waals surface area contributed by atoms with E-state index in [0.29, 0.717) is 16.3 Å². The van der Waals surface area contributed by atoms with Crippen LogP contribution in [0.1, 0.15) is 23.1 Å². The number of hydrogen-bond donors (Lipinski definition) is 1. The Morgan fingerprint density at radius 1 is 1.23 bits per heavy atom. The number of rotatable bonds is 3. The van der Waals surface area contributed by atoms with Crippen LogP contribution in [0.3, 0.4) is 0 Å². The lowest BCUT2D eigenvalue weighted by atomic mass is 9.72. The Morgan fingerprint density at radius 2 is 1.96 bits per heavy atom. The highest BCUT2D eigenvalue weighted by Crippen LogP contribution is 2.49. The molecule has 8 heteroatoms. The number of carbonyl (C=O) groups excluding carboxylic acids is 1. The number of nitriles is 1. The first-order valence-corrected chi connectivity index (χ1v) is 7.86. The van der Waals surface area contributed by atoms with Crippen LogP contribution in [0.25, 0.3) is 0 Å². The number of ether oxygens (including phenoxy) is 1. The molecule has 4 nitrogen and oxygen atoms in total. The standard InChI is InChI=1S/C18H12ClF3N2O2/c1-26-15-5-3-11(19)9-13(15)17(6-7-23)12-4-2-10(18(20,21)22)8-14(12)24-16(17)25/h2-5,8-9H,6H2,1H3,(H,24,25)/t17-/m1/s1. The van der Waals surface area contributed by atoms with Crippen LogP contribution in [0.15, 0.2) is 36.4 Å². The zero-order valence-corrected chi connectivity index (χ0v) is 14.2. The van der Waals surface area contributed by atoms with Crippen LogP contribution in [0, 0.1) is 11.3 Å². The maximum Gasteiger partial charge on any atom is 0.416 e. The number of halogens is 4. The molecule has 3 rings (SSSR count). The predicted octanol–water partition coefficient (Wildman–Crippen LogP) is 4.52. The van der Waals surface area contributed by atoms with E-state index in [2.05, 4.69) is 5.32 Å². The van der Waals surface area contributed by atoms with Crippen LogP contribution in [-0.2, 0) is 16.4 Å². The summed E-state index contributed by atoms with van der Waals surface area (Å²) in [4.78, 5) is 12.8. The van der Waals surface area contributed by atoms with Crippen molar-refractivity contribution in [2.24, 2.45) is 0 Å². The second-order valence-electron chi connectivity index (χ2n) is 5.80. The highest BCUT2D eigenvalue weighted by molar-refractivity contribution is 6.30. The lowest BCUT2D eigenvalue weighted by Crippen LogP contribution is -2.35. The Kier molecular flexibility index (Phi) is 4.32. The highest BCUT2D eigenvalue weighted by Gasteiger charge is 2.50. The average Bonchev–Trinajstić information content (AvgIpc) is 2.86.